The van der Waals surface area contributed by atoms with Crippen molar-refractivity contribution in [3.8, 4) is 0 Å². The fraction of sp³-hybridized carbons (Fsp3) is 0.143. The van der Waals surface area contributed by atoms with Gasteiger partial charge in [0.25, 0.3) is 0 Å². The molecule has 0 nitrogen and oxygen atoms in total. The number of aryl methyl sites for hydroxylation is 2. The van der Waals surface area contributed by atoms with Crippen LogP contribution in [0.15, 0.2) is 115 Å². The van der Waals surface area contributed by atoms with Gasteiger partial charge in [-0.2, -0.15) is 0 Å². The van der Waals surface area contributed by atoms with Gasteiger partial charge in [0.2, 0.25) is 0 Å². The van der Waals surface area contributed by atoms with E-state index in [0.29, 0.717) is 0 Å². The Hall–Kier alpha value is -3.02. The standard InChI is InChI=1S/C22H21.C13H10.Zr/c1-3-15-9-11-19-18(13-15)14-21-20(19)12-10-16(4-2)22(21)17-7-5-6-8-17;1-3-7-12(8-4-1)11-13-9-5-2-6-10-13;/h5-7,9-14H,3-4,8H2,1-2H3;1-10H;/q-1;;. The second-order valence-electron chi connectivity index (χ2n) is 9.27. The summed E-state index contributed by atoms with van der Waals surface area (Å²) in [7, 11) is 0. The van der Waals surface area contributed by atoms with E-state index >= 15 is 0 Å². The predicted octanol–water partition coefficient (Wildman–Crippen LogP) is 8.98. The third-order valence-electron chi connectivity index (χ3n) is 7.04. The van der Waals surface area contributed by atoms with Crippen LogP contribution >= 0.6 is 0 Å². The molecule has 0 unspecified atom stereocenters. The molecule has 0 saturated heterocycles. The summed E-state index contributed by atoms with van der Waals surface area (Å²) < 4.78 is 1.42. The predicted molar refractivity (Wildman–Crippen MR) is 154 cm³/mol. The zero-order chi connectivity index (χ0) is 24.9. The molecule has 0 N–H and O–H groups in total. The molecule has 1 aliphatic carbocycles. The van der Waals surface area contributed by atoms with E-state index in [1.165, 1.54) is 82.4 Å². The molecule has 5 aromatic carbocycles. The van der Waals surface area contributed by atoms with E-state index in [4.69, 9.17) is 0 Å². The van der Waals surface area contributed by atoms with Crippen LogP contribution in [0.5, 0.6) is 0 Å². The molecule has 1 heteroatoms. The van der Waals surface area contributed by atoms with E-state index in [1.54, 1.807) is 0 Å². The molecule has 0 aliphatic heterocycles. The average Bonchev–Trinajstić information content (AvgIpc) is 3.61. The first kappa shape index (κ1) is 24.7. The van der Waals surface area contributed by atoms with Gasteiger partial charge in [-0.05, 0) is 19.3 Å². The Kier molecular flexibility index (Phi) is 7.79. The summed E-state index contributed by atoms with van der Waals surface area (Å²) in [4.78, 5) is 0. The molecule has 6 rings (SSSR count). The normalized spacial score (nSPS) is 12.4. The summed E-state index contributed by atoms with van der Waals surface area (Å²) in [5, 5.41) is 5.60. The molecule has 0 aromatic heterocycles. The van der Waals surface area contributed by atoms with Crippen LogP contribution in [0.2, 0.25) is 0 Å². The summed E-state index contributed by atoms with van der Waals surface area (Å²) in [6.07, 6.45) is 9.97. The topological polar surface area (TPSA) is 0 Å². The molecule has 36 heavy (non-hydrogen) atoms. The van der Waals surface area contributed by atoms with Crippen molar-refractivity contribution in [2.45, 2.75) is 33.1 Å². The van der Waals surface area contributed by atoms with Crippen LogP contribution in [0, 0.1) is 0 Å². The Morgan fingerprint density at radius 2 is 1.44 bits per heavy atom. The van der Waals surface area contributed by atoms with Gasteiger partial charge < -0.3 is 0 Å². The van der Waals surface area contributed by atoms with E-state index in [9.17, 15) is 0 Å². The molecular formula is C35H31Zr-. The van der Waals surface area contributed by atoms with Gasteiger partial charge in [0, 0.05) is 0 Å². The molecule has 0 saturated carbocycles. The molecule has 176 valence electrons. The van der Waals surface area contributed by atoms with Crippen molar-refractivity contribution in [1.82, 2.24) is 0 Å². The van der Waals surface area contributed by atoms with Crippen molar-refractivity contribution >= 4 is 30.3 Å². The van der Waals surface area contributed by atoms with Crippen LogP contribution in [0.3, 0.4) is 0 Å². The Morgan fingerprint density at radius 3 is 2.03 bits per heavy atom. The molecule has 0 radical (unpaired) electrons. The van der Waals surface area contributed by atoms with Crippen LogP contribution < -0.4 is 0 Å². The van der Waals surface area contributed by atoms with Crippen molar-refractivity contribution < 1.29 is 24.2 Å². The van der Waals surface area contributed by atoms with E-state index in [0.717, 1.165) is 19.3 Å². The van der Waals surface area contributed by atoms with Crippen molar-refractivity contribution in [3.63, 3.8) is 0 Å². The fourth-order valence-electron chi connectivity index (χ4n) is 5.08. The SMILES string of the molecule is CCc1ccc2c(c1)[cH-]c1c(C3=CC=CC3)c(CC)ccc12.[Zr]=[C](c1ccccc1)c1ccccc1. The van der Waals surface area contributed by atoms with Crippen LogP contribution in [0.25, 0.3) is 27.1 Å². The van der Waals surface area contributed by atoms with E-state index in [-0.39, 0.29) is 0 Å². The Morgan fingerprint density at radius 1 is 0.778 bits per heavy atom. The number of hydrogen-bond acceptors (Lipinski definition) is 0. The Bertz CT molecular complexity index is 1520. The van der Waals surface area contributed by atoms with Crippen LogP contribution in [-0.2, 0) is 37.1 Å². The second-order valence-corrected chi connectivity index (χ2v) is 10.5. The number of allylic oxidation sites excluding steroid dienone is 4. The third kappa shape index (κ3) is 5.09. The van der Waals surface area contributed by atoms with E-state index < -0.39 is 0 Å². The maximum absolute atomic E-state index is 2.40. The molecule has 0 bridgehead atoms. The quantitative estimate of drug-likeness (QED) is 0.194. The third-order valence-corrected chi connectivity index (χ3v) is 8.46. The molecule has 1 aliphatic rings. The van der Waals surface area contributed by atoms with Crippen LogP contribution in [-0.4, -0.2) is 3.21 Å². The summed E-state index contributed by atoms with van der Waals surface area (Å²) in [6, 6.07) is 35.1. The second kappa shape index (κ2) is 11.4. The first-order chi connectivity index (χ1) is 17.7. The Balaban J connectivity index is 0.000000165. The van der Waals surface area contributed by atoms with Crippen molar-refractivity contribution in [1.29, 1.82) is 0 Å². The zero-order valence-electron chi connectivity index (χ0n) is 21.1. The minimum atomic E-state index is 1.06. The summed E-state index contributed by atoms with van der Waals surface area (Å²) >= 11 is 1.46. The summed E-state index contributed by atoms with van der Waals surface area (Å²) in [5.41, 5.74) is 8.48. The summed E-state index contributed by atoms with van der Waals surface area (Å²) in [6.45, 7) is 4.48. The van der Waals surface area contributed by atoms with Gasteiger partial charge in [0.05, 0.1) is 0 Å². The molecule has 0 spiro atoms. The Labute approximate surface area is 229 Å². The van der Waals surface area contributed by atoms with Gasteiger partial charge in [-0.25, -0.2) is 0 Å². The van der Waals surface area contributed by atoms with E-state index in [2.05, 4.69) is 129 Å². The molecule has 0 amide bonds. The molecule has 0 atom stereocenters. The van der Waals surface area contributed by atoms with Crippen molar-refractivity contribution in [3.05, 3.63) is 143 Å². The van der Waals surface area contributed by atoms with Crippen LogP contribution in [0.1, 0.15) is 48.1 Å². The molecule has 5 aromatic rings. The number of benzene rings is 4. The van der Waals surface area contributed by atoms with Gasteiger partial charge in [-0.15, -0.1) is 33.7 Å². The van der Waals surface area contributed by atoms with Gasteiger partial charge in [0.1, 0.15) is 0 Å². The molecule has 0 heterocycles. The first-order valence-corrected chi connectivity index (χ1v) is 14.1. The number of rotatable bonds is 5. The van der Waals surface area contributed by atoms with Gasteiger partial charge >= 0.3 is 99.2 Å². The minimum absolute atomic E-state index is 1.06. The number of fused-ring (bicyclic) bond motifs is 3. The van der Waals surface area contributed by atoms with Gasteiger partial charge in [-0.1, -0.05) is 78.6 Å². The maximum atomic E-state index is 2.40. The van der Waals surface area contributed by atoms with Crippen molar-refractivity contribution in [2.75, 3.05) is 0 Å². The van der Waals surface area contributed by atoms with Crippen LogP contribution in [0.4, 0.5) is 0 Å². The van der Waals surface area contributed by atoms with Gasteiger partial charge in [0.15, 0.2) is 0 Å². The number of hydrogen-bond donors (Lipinski definition) is 0. The average molecular weight is 543 g/mol. The van der Waals surface area contributed by atoms with E-state index in [1.807, 2.05) is 0 Å². The molecular weight excluding hydrogens is 512 g/mol. The zero-order valence-corrected chi connectivity index (χ0v) is 23.5. The first-order valence-electron chi connectivity index (χ1n) is 12.9. The van der Waals surface area contributed by atoms with Gasteiger partial charge in [-0.3, -0.25) is 0 Å². The summed E-state index contributed by atoms with van der Waals surface area (Å²) in [5.74, 6) is 0. The fourth-order valence-corrected chi connectivity index (χ4v) is 5.90. The van der Waals surface area contributed by atoms with Crippen molar-refractivity contribution in [2.24, 2.45) is 0 Å². The molecule has 0 fully saturated rings. The monoisotopic (exact) mass is 541 g/mol.